The summed E-state index contributed by atoms with van der Waals surface area (Å²) in [5.74, 6) is 2.02. The van der Waals surface area contributed by atoms with Crippen molar-refractivity contribution in [2.45, 2.75) is 0 Å². The maximum Gasteiger partial charge on any atom is 0.150 e. The Hall–Kier alpha value is -3.21. The summed E-state index contributed by atoms with van der Waals surface area (Å²) in [5.41, 5.74) is 2.70. The molecule has 5 nitrogen and oxygen atoms in total. The highest BCUT2D eigenvalue weighted by atomic mass is 16.1. The first-order chi connectivity index (χ1) is 12.8. The van der Waals surface area contributed by atoms with Gasteiger partial charge in [0, 0.05) is 49.7 Å². The lowest BCUT2D eigenvalue weighted by atomic mass is 10.1. The van der Waals surface area contributed by atoms with Crippen molar-refractivity contribution >= 4 is 17.9 Å². The van der Waals surface area contributed by atoms with Gasteiger partial charge < -0.3 is 9.80 Å². The summed E-state index contributed by atoms with van der Waals surface area (Å²) in [5, 5.41) is 0. The number of benzene rings is 1. The molecule has 3 heterocycles. The molecule has 1 aromatic carbocycles. The van der Waals surface area contributed by atoms with Crippen molar-refractivity contribution in [3.63, 3.8) is 0 Å². The van der Waals surface area contributed by atoms with Gasteiger partial charge in [-0.1, -0.05) is 24.3 Å². The summed E-state index contributed by atoms with van der Waals surface area (Å²) < 4.78 is 0. The number of hydrogen-bond acceptors (Lipinski definition) is 5. The van der Waals surface area contributed by atoms with Gasteiger partial charge in [-0.3, -0.25) is 4.79 Å². The third-order valence-corrected chi connectivity index (χ3v) is 4.68. The molecule has 4 rings (SSSR count). The van der Waals surface area contributed by atoms with Gasteiger partial charge in [-0.05, 0) is 35.9 Å². The number of aromatic nitrogens is 2. The predicted octanol–water partition coefficient (Wildman–Crippen LogP) is 3.28. The van der Waals surface area contributed by atoms with E-state index in [4.69, 9.17) is 0 Å². The molecule has 0 radical (unpaired) electrons. The minimum atomic E-state index is 0.678. The fourth-order valence-electron chi connectivity index (χ4n) is 3.24. The summed E-state index contributed by atoms with van der Waals surface area (Å²) in [6.45, 7) is 3.71. The lowest BCUT2D eigenvalue weighted by Crippen LogP contribution is -2.47. The van der Waals surface area contributed by atoms with Crippen LogP contribution in [0.3, 0.4) is 0 Å². The van der Waals surface area contributed by atoms with Crippen molar-refractivity contribution in [2.24, 2.45) is 0 Å². The van der Waals surface area contributed by atoms with E-state index in [1.807, 2.05) is 42.7 Å². The van der Waals surface area contributed by atoms with Crippen LogP contribution in [0.25, 0.3) is 11.1 Å². The second-order valence-electron chi connectivity index (χ2n) is 6.31. The number of nitrogens with zero attached hydrogens (tertiary/aromatic N) is 4. The fraction of sp³-hybridized carbons (Fsp3) is 0.190. The molecule has 0 N–H and O–H groups in total. The average molecular weight is 344 g/mol. The molecule has 0 amide bonds. The zero-order valence-electron chi connectivity index (χ0n) is 14.5. The third kappa shape index (κ3) is 3.42. The molecule has 5 heteroatoms. The maximum absolute atomic E-state index is 10.9. The summed E-state index contributed by atoms with van der Waals surface area (Å²) >= 11 is 0. The van der Waals surface area contributed by atoms with Gasteiger partial charge in [0.05, 0.1) is 0 Å². The zero-order valence-corrected chi connectivity index (χ0v) is 14.5. The van der Waals surface area contributed by atoms with Crippen LogP contribution in [0.1, 0.15) is 10.4 Å². The highest BCUT2D eigenvalue weighted by molar-refractivity contribution is 5.78. The van der Waals surface area contributed by atoms with Crippen LogP contribution >= 0.6 is 0 Å². The van der Waals surface area contributed by atoms with Crippen molar-refractivity contribution in [3.8, 4) is 11.1 Å². The number of carbonyl (C=O) groups excluding carboxylic acids is 1. The van der Waals surface area contributed by atoms with Crippen LogP contribution in [0.15, 0.2) is 67.0 Å². The average Bonchev–Trinajstić information content (AvgIpc) is 2.75. The van der Waals surface area contributed by atoms with Gasteiger partial charge >= 0.3 is 0 Å². The van der Waals surface area contributed by atoms with Gasteiger partial charge in [-0.15, -0.1) is 0 Å². The number of piperazine rings is 1. The zero-order chi connectivity index (χ0) is 17.8. The van der Waals surface area contributed by atoms with Crippen molar-refractivity contribution < 1.29 is 4.79 Å². The van der Waals surface area contributed by atoms with E-state index in [2.05, 4.69) is 38.0 Å². The standard InChI is InChI=1S/C21H20N4O/c26-16-17-4-3-5-18(14-17)19-7-8-21(23-15-19)25-12-10-24(11-13-25)20-6-1-2-9-22-20/h1-9,14-16H,10-13H2. The van der Waals surface area contributed by atoms with Crippen LogP contribution in [0.2, 0.25) is 0 Å². The Kier molecular flexibility index (Phi) is 4.60. The smallest absolute Gasteiger partial charge is 0.150 e. The first-order valence-electron chi connectivity index (χ1n) is 8.76. The Morgan fingerprint density at radius 2 is 1.54 bits per heavy atom. The fourth-order valence-corrected chi connectivity index (χ4v) is 3.24. The molecule has 0 spiro atoms. The van der Waals surface area contributed by atoms with E-state index in [0.29, 0.717) is 5.56 Å². The monoisotopic (exact) mass is 344 g/mol. The van der Waals surface area contributed by atoms with Crippen LogP contribution < -0.4 is 9.80 Å². The molecule has 1 saturated heterocycles. The van der Waals surface area contributed by atoms with Gasteiger partial charge in [-0.25, -0.2) is 9.97 Å². The Morgan fingerprint density at radius 3 is 2.15 bits per heavy atom. The molecule has 26 heavy (non-hydrogen) atoms. The van der Waals surface area contributed by atoms with Crippen molar-refractivity contribution in [1.82, 2.24) is 9.97 Å². The highest BCUT2D eigenvalue weighted by Gasteiger charge is 2.18. The summed E-state index contributed by atoms with van der Waals surface area (Å²) in [6.07, 6.45) is 4.58. The SMILES string of the molecule is O=Cc1cccc(-c2ccc(N3CCN(c4ccccn4)CC3)nc2)c1. The first kappa shape index (κ1) is 16.3. The van der Waals surface area contributed by atoms with Crippen LogP contribution in [-0.4, -0.2) is 42.4 Å². The lowest BCUT2D eigenvalue weighted by Gasteiger charge is -2.36. The molecule has 1 fully saturated rings. The van der Waals surface area contributed by atoms with E-state index in [-0.39, 0.29) is 0 Å². The second-order valence-corrected chi connectivity index (χ2v) is 6.31. The molecule has 0 saturated carbocycles. The summed E-state index contributed by atoms with van der Waals surface area (Å²) in [6, 6.07) is 17.7. The summed E-state index contributed by atoms with van der Waals surface area (Å²) in [4.78, 5) is 24.6. The topological polar surface area (TPSA) is 49.3 Å². The Labute approximate surface area is 152 Å². The van der Waals surface area contributed by atoms with E-state index in [1.165, 1.54) is 0 Å². The molecule has 0 atom stereocenters. The Morgan fingerprint density at radius 1 is 0.769 bits per heavy atom. The minimum Gasteiger partial charge on any atom is -0.353 e. The molecular weight excluding hydrogens is 324 g/mol. The van der Waals surface area contributed by atoms with Gasteiger partial charge in [0.15, 0.2) is 0 Å². The Bertz CT molecular complexity index is 872. The van der Waals surface area contributed by atoms with E-state index < -0.39 is 0 Å². The van der Waals surface area contributed by atoms with Gasteiger partial charge in [0.25, 0.3) is 0 Å². The van der Waals surface area contributed by atoms with Crippen molar-refractivity contribution in [2.75, 3.05) is 36.0 Å². The van der Waals surface area contributed by atoms with E-state index >= 15 is 0 Å². The minimum absolute atomic E-state index is 0.678. The van der Waals surface area contributed by atoms with Crippen LogP contribution in [0, 0.1) is 0 Å². The summed E-state index contributed by atoms with van der Waals surface area (Å²) in [7, 11) is 0. The highest BCUT2D eigenvalue weighted by Crippen LogP contribution is 2.23. The lowest BCUT2D eigenvalue weighted by molar-refractivity contribution is 0.112. The third-order valence-electron chi connectivity index (χ3n) is 4.68. The molecule has 1 aliphatic rings. The predicted molar refractivity (Wildman–Crippen MR) is 104 cm³/mol. The Balaban J connectivity index is 1.44. The number of anilines is 2. The first-order valence-corrected chi connectivity index (χ1v) is 8.76. The number of hydrogen-bond donors (Lipinski definition) is 0. The van der Waals surface area contributed by atoms with Crippen LogP contribution in [0.5, 0.6) is 0 Å². The molecule has 1 aliphatic heterocycles. The quantitative estimate of drug-likeness (QED) is 0.680. The normalized spacial score (nSPS) is 14.3. The number of carbonyl (C=O) groups is 1. The number of aldehydes is 1. The molecule has 3 aromatic rings. The molecule has 0 aliphatic carbocycles. The van der Waals surface area contributed by atoms with E-state index in [0.717, 1.165) is 55.2 Å². The van der Waals surface area contributed by atoms with E-state index in [9.17, 15) is 4.79 Å². The molecule has 2 aromatic heterocycles. The second kappa shape index (κ2) is 7.35. The van der Waals surface area contributed by atoms with Gasteiger partial charge in [0.2, 0.25) is 0 Å². The number of rotatable bonds is 4. The maximum atomic E-state index is 10.9. The largest absolute Gasteiger partial charge is 0.353 e. The van der Waals surface area contributed by atoms with Crippen LogP contribution in [0.4, 0.5) is 11.6 Å². The number of pyridine rings is 2. The van der Waals surface area contributed by atoms with Gasteiger partial charge in [0.1, 0.15) is 17.9 Å². The van der Waals surface area contributed by atoms with Crippen LogP contribution in [-0.2, 0) is 0 Å². The molecule has 0 bridgehead atoms. The van der Waals surface area contributed by atoms with Crippen molar-refractivity contribution in [3.05, 3.63) is 72.6 Å². The molecule has 0 unspecified atom stereocenters. The van der Waals surface area contributed by atoms with Gasteiger partial charge in [-0.2, -0.15) is 0 Å². The van der Waals surface area contributed by atoms with E-state index in [1.54, 1.807) is 6.07 Å². The molecular formula is C21H20N4O. The van der Waals surface area contributed by atoms with Crippen molar-refractivity contribution in [1.29, 1.82) is 0 Å². The molecule has 130 valence electrons.